The number of ether oxygens (including phenoxy) is 3. The third-order valence-corrected chi connectivity index (χ3v) is 10.7. The molecule has 372 valence electrons. The molecule has 0 heterocycles. The third kappa shape index (κ3) is 50.8. The number of hydrogen-bond acceptors (Lipinski definition) is 6. The van der Waals surface area contributed by atoms with Gasteiger partial charge < -0.3 is 14.2 Å². The second kappa shape index (κ2) is 53.4. The predicted molar refractivity (Wildman–Crippen MR) is 283 cm³/mol. The largest absolute Gasteiger partial charge is 0.462 e. The molecule has 0 aliphatic heterocycles. The smallest absolute Gasteiger partial charge is 0.306 e. The first kappa shape index (κ1) is 61.8. The molecule has 0 saturated carbocycles. The summed E-state index contributed by atoms with van der Waals surface area (Å²) in [5.74, 6) is -1.04. The van der Waals surface area contributed by atoms with Crippen LogP contribution in [0.2, 0.25) is 0 Å². The molecule has 0 unspecified atom stereocenters. The molecule has 6 heteroatoms. The lowest BCUT2D eigenvalue weighted by molar-refractivity contribution is -0.166. The van der Waals surface area contributed by atoms with Crippen molar-refractivity contribution < 1.29 is 28.6 Å². The maximum atomic E-state index is 12.8. The molecule has 1 atom stereocenters. The van der Waals surface area contributed by atoms with Crippen molar-refractivity contribution in [3.05, 3.63) is 122 Å². The zero-order valence-corrected chi connectivity index (χ0v) is 42.4. The number of carbonyl (C=O) groups excluding carboxylic acids is 3. The number of unbranched alkanes of at least 4 members (excludes halogenated alkanes) is 15. The van der Waals surface area contributed by atoms with Crippen LogP contribution in [0.1, 0.15) is 220 Å². The molecule has 0 N–H and O–H groups in total. The van der Waals surface area contributed by atoms with Crippen LogP contribution < -0.4 is 0 Å². The first-order valence-corrected chi connectivity index (χ1v) is 26.5. The first-order valence-electron chi connectivity index (χ1n) is 26.5. The molecule has 0 saturated heterocycles. The average molecular weight is 913 g/mol. The van der Waals surface area contributed by atoms with Crippen molar-refractivity contribution in [3.63, 3.8) is 0 Å². The molecular weight excluding hydrogens is 817 g/mol. The predicted octanol–water partition coefficient (Wildman–Crippen LogP) is 17.7. The summed E-state index contributed by atoms with van der Waals surface area (Å²) < 4.78 is 16.7. The Morgan fingerprint density at radius 3 is 1.03 bits per heavy atom. The summed E-state index contributed by atoms with van der Waals surface area (Å²) in [5, 5.41) is 0. The van der Waals surface area contributed by atoms with Crippen LogP contribution in [0.4, 0.5) is 0 Å². The zero-order chi connectivity index (χ0) is 47.9. The van der Waals surface area contributed by atoms with Crippen LogP contribution in [0.5, 0.6) is 0 Å². The lowest BCUT2D eigenvalue weighted by Crippen LogP contribution is -2.30. The molecular formula is C60H96O6. The Hall–Kier alpha value is -4.19. The van der Waals surface area contributed by atoms with Gasteiger partial charge in [-0.25, -0.2) is 0 Å². The average Bonchev–Trinajstić information content (AvgIpc) is 3.31. The van der Waals surface area contributed by atoms with E-state index in [0.29, 0.717) is 12.8 Å². The van der Waals surface area contributed by atoms with Crippen molar-refractivity contribution >= 4 is 17.9 Å². The Morgan fingerprint density at radius 2 is 0.621 bits per heavy atom. The molecule has 0 spiro atoms. The van der Waals surface area contributed by atoms with Crippen molar-refractivity contribution in [1.29, 1.82) is 0 Å². The van der Waals surface area contributed by atoms with Gasteiger partial charge in [-0.2, -0.15) is 0 Å². The van der Waals surface area contributed by atoms with E-state index >= 15 is 0 Å². The SMILES string of the molecule is CC/C=C\C/C=C\C/C=C\C/C=C\C/C=C\C/C=C\CCC(=O)OC[C@@H](COC(=O)CCCCCCC/C=C\CCCCCCC)OC(=O)CCCCCCC/C=C\C/C=C\C/C=C\CC. The Morgan fingerprint density at radius 1 is 0.318 bits per heavy atom. The highest BCUT2D eigenvalue weighted by molar-refractivity contribution is 5.71. The van der Waals surface area contributed by atoms with Crippen LogP contribution in [-0.2, 0) is 28.6 Å². The molecule has 0 amide bonds. The van der Waals surface area contributed by atoms with Crippen molar-refractivity contribution in [1.82, 2.24) is 0 Å². The second-order valence-electron chi connectivity index (χ2n) is 17.0. The standard InChI is InChI=1S/C60H96O6/c1-4-7-10-13-16-19-22-25-28-29-30-31-33-35-38-41-44-47-50-53-59(62)65-56-57(55-64-58(61)52-49-46-43-40-37-34-27-24-21-18-15-12-9-6-3)66-60(63)54-51-48-45-42-39-36-32-26-23-20-17-14-11-8-5-2/h7-8,10-11,16-17,19-20,24-28,30-32,35,38,44,47,57H,4-6,9,12-15,18,21-23,29,33-34,36-37,39-43,45-46,48-56H2,1-3H3/b10-7-,11-8-,19-16-,20-17-,27-24-,28-25-,31-30-,32-26-,38-35-,47-44-/t57-/m1/s1. The van der Waals surface area contributed by atoms with Crippen LogP contribution in [0.25, 0.3) is 0 Å². The van der Waals surface area contributed by atoms with Crippen LogP contribution >= 0.6 is 0 Å². The monoisotopic (exact) mass is 913 g/mol. The molecule has 66 heavy (non-hydrogen) atoms. The van der Waals surface area contributed by atoms with Crippen LogP contribution in [0.15, 0.2) is 122 Å². The van der Waals surface area contributed by atoms with Gasteiger partial charge in [0.1, 0.15) is 13.2 Å². The number of carbonyl (C=O) groups is 3. The maximum absolute atomic E-state index is 12.8. The van der Waals surface area contributed by atoms with E-state index in [1.165, 1.54) is 44.9 Å². The highest BCUT2D eigenvalue weighted by Crippen LogP contribution is 2.13. The Bertz CT molecular complexity index is 1420. The molecule has 0 rings (SSSR count). The van der Waals surface area contributed by atoms with Gasteiger partial charge in [0.2, 0.25) is 0 Å². The molecule has 0 aromatic rings. The van der Waals surface area contributed by atoms with E-state index in [0.717, 1.165) is 128 Å². The first-order chi connectivity index (χ1) is 32.5. The van der Waals surface area contributed by atoms with E-state index in [2.05, 4.69) is 130 Å². The number of allylic oxidation sites excluding steroid dienone is 20. The fourth-order valence-corrected chi connectivity index (χ4v) is 6.77. The Balaban J connectivity index is 4.56. The van der Waals surface area contributed by atoms with E-state index in [9.17, 15) is 14.4 Å². The van der Waals surface area contributed by atoms with Crippen molar-refractivity contribution in [2.24, 2.45) is 0 Å². The molecule has 0 aliphatic rings. The van der Waals surface area contributed by atoms with Gasteiger partial charge in [-0.1, -0.05) is 206 Å². The van der Waals surface area contributed by atoms with Crippen molar-refractivity contribution in [3.8, 4) is 0 Å². The summed E-state index contributed by atoms with van der Waals surface area (Å²) in [6, 6.07) is 0. The van der Waals surface area contributed by atoms with E-state index in [1.54, 1.807) is 0 Å². The zero-order valence-electron chi connectivity index (χ0n) is 42.4. The van der Waals surface area contributed by atoms with Crippen LogP contribution in [0, 0.1) is 0 Å². The van der Waals surface area contributed by atoms with E-state index in [1.807, 2.05) is 12.2 Å². The van der Waals surface area contributed by atoms with Gasteiger partial charge in [-0.15, -0.1) is 0 Å². The minimum Gasteiger partial charge on any atom is -0.462 e. The second-order valence-corrected chi connectivity index (χ2v) is 17.0. The van der Waals surface area contributed by atoms with Gasteiger partial charge in [0.05, 0.1) is 0 Å². The molecule has 6 nitrogen and oxygen atoms in total. The normalized spacial score (nSPS) is 13.1. The van der Waals surface area contributed by atoms with Gasteiger partial charge >= 0.3 is 17.9 Å². The summed E-state index contributed by atoms with van der Waals surface area (Å²) in [4.78, 5) is 38.0. The van der Waals surface area contributed by atoms with Crippen molar-refractivity contribution in [2.75, 3.05) is 13.2 Å². The van der Waals surface area contributed by atoms with Gasteiger partial charge in [-0.3, -0.25) is 14.4 Å². The van der Waals surface area contributed by atoms with E-state index in [4.69, 9.17) is 14.2 Å². The number of esters is 3. The molecule has 0 aliphatic carbocycles. The Labute approximate surface area is 405 Å². The highest BCUT2D eigenvalue weighted by atomic mass is 16.6. The van der Waals surface area contributed by atoms with E-state index < -0.39 is 6.10 Å². The summed E-state index contributed by atoms with van der Waals surface area (Å²) in [6.07, 6.45) is 73.3. The van der Waals surface area contributed by atoms with Crippen molar-refractivity contribution in [2.45, 2.75) is 226 Å². The molecule has 0 radical (unpaired) electrons. The Kier molecular flexibility index (Phi) is 50.0. The van der Waals surface area contributed by atoms with Crippen LogP contribution in [-0.4, -0.2) is 37.2 Å². The summed E-state index contributed by atoms with van der Waals surface area (Å²) in [5.41, 5.74) is 0. The number of hydrogen-bond donors (Lipinski definition) is 0. The number of rotatable bonds is 46. The third-order valence-electron chi connectivity index (χ3n) is 10.7. The lowest BCUT2D eigenvalue weighted by atomic mass is 10.1. The lowest BCUT2D eigenvalue weighted by Gasteiger charge is -2.18. The summed E-state index contributed by atoms with van der Waals surface area (Å²) >= 11 is 0. The quantitative estimate of drug-likeness (QED) is 0.0262. The van der Waals surface area contributed by atoms with Gasteiger partial charge in [0.25, 0.3) is 0 Å². The summed E-state index contributed by atoms with van der Waals surface area (Å²) in [6.45, 7) is 6.30. The fraction of sp³-hybridized carbons (Fsp3) is 0.617. The van der Waals surface area contributed by atoms with E-state index in [-0.39, 0.29) is 44.0 Å². The molecule has 0 fully saturated rings. The minimum atomic E-state index is -0.824. The van der Waals surface area contributed by atoms with Gasteiger partial charge in [0.15, 0.2) is 6.10 Å². The highest BCUT2D eigenvalue weighted by Gasteiger charge is 2.19. The molecule has 0 aromatic carbocycles. The topological polar surface area (TPSA) is 78.9 Å². The van der Waals surface area contributed by atoms with Gasteiger partial charge in [-0.05, 0) is 116 Å². The van der Waals surface area contributed by atoms with Gasteiger partial charge in [0, 0.05) is 19.3 Å². The van der Waals surface area contributed by atoms with Crippen LogP contribution in [0.3, 0.4) is 0 Å². The minimum absolute atomic E-state index is 0.116. The molecule has 0 bridgehead atoms. The molecule has 0 aromatic heterocycles. The maximum Gasteiger partial charge on any atom is 0.306 e. The summed E-state index contributed by atoms with van der Waals surface area (Å²) in [7, 11) is 0. The fourth-order valence-electron chi connectivity index (χ4n) is 6.77.